The second kappa shape index (κ2) is 3.53. The molecule has 0 saturated heterocycles. The first kappa shape index (κ1) is 9.73. The van der Waals surface area contributed by atoms with Gasteiger partial charge in [-0.3, -0.25) is 0 Å². The molecule has 2 aromatic carbocycles. The van der Waals surface area contributed by atoms with Crippen LogP contribution >= 0.6 is 11.3 Å². The minimum Gasteiger partial charge on any atom is -0.0613 e. The molecule has 0 nitrogen and oxygen atoms in total. The third-order valence-electron chi connectivity index (χ3n) is 3.04. The van der Waals surface area contributed by atoms with E-state index in [9.17, 15) is 0 Å². The topological polar surface area (TPSA) is 0 Å². The van der Waals surface area contributed by atoms with Crippen LogP contribution in [0.3, 0.4) is 0 Å². The van der Waals surface area contributed by atoms with Gasteiger partial charge in [0.1, 0.15) is 0 Å². The second-order valence-electron chi connectivity index (χ2n) is 4.23. The minimum absolute atomic E-state index is 1.34. The van der Waals surface area contributed by atoms with Crippen molar-refractivity contribution in [3.63, 3.8) is 0 Å². The molecule has 0 radical (unpaired) electrons. The maximum atomic E-state index is 2.31. The van der Waals surface area contributed by atoms with Crippen LogP contribution in [0.5, 0.6) is 0 Å². The monoisotopic (exact) mass is 225 g/mol. The Morgan fingerprint density at radius 2 is 1.62 bits per heavy atom. The van der Waals surface area contributed by atoms with E-state index in [1.54, 1.807) is 0 Å². The van der Waals surface area contributed by atoms with E-state index in [0.717, 1.165) is 0 Å². The molecule has 1 heterocycles. The zero-order valence-corrected chi connectivity index (χ0v) is 10.3. The SMILES string of the molecule is Cc1ccc(C)c2[s+]c3ccccc3cc12. The first-order valence-corrected chi connectivity index (χ1v) is 6.29. The summed E-state index contributed by atoms with van der Waals surface area (Å²) in [4.78, 5) is 0. The highest BCUT2D eigenvalue weighted by molar-refractivity contribution is 7.24. The van der Waals surface area contributed by atoms with E-state index in [1.165, 1.54) is 31.3 Å². The molecule has 3 aromatic rings. The van der Waals surface area contributed by atoms with E-state index >= 15 is 0 Å². The van der Waals surface area contributed by atoms with Crippen LogP contribution in [-0.4, -0.2) is 0 Å². The summed E-state index contributed by atoms with van der Waals surface area (Å²) in [5.74, 6) is 0. The largest absolute Gasteiger partial charge is 0.241 e. The van der Waals surface area contributed by atoms with Gasteiger partial charge >= 0.3 is 0 Å². The molecule has 3 rings (SSSR count). The van der Waals surface area contributed by atoms with Crippen LogP contribution in [0.1, 0.15) is 11.1 Å². The highest BCUT2D eigenvalue weighted by atomic mass is 32.1. The van der Waals surface area contributed by atoms with Crippen LogP contribution in [0.2, 0.25) is 0 Å². The van der Waals surface area contributed by atoms with E-state index in [0.29, 0.717) is 0 Å². The van der Waals surface area contributed by atoms with Gasteiger partial charge < -0.3 is 0 Å². The van der Waals surface area contributed by atoms with Crippen molar-refractivity contribution in [1.29, 1.82) is 0 Å². The molecular formula is C15H13S+. The molecule has 0 N–H and O–H groups in total. The third-order valence-corrected chi connectivity index (χ3v) is 4.38. The maximum absolute atomic E-state index is 2.31. The van der Waals surface area contributed by atoms with Crippen LogP contribution < -0.4 is 0 Å². The standard InChI is InChI=1S/C15H13S/c1-10-7-8-11(2)15-13(10)9-12-5-3-4-6-14(12)16-15/h3-9H,1-2H3/q+1. The van der Waals surface area contributed by atoms with Gasteiger partial charge in [0, 0.05) is 22.4 Å². The van der Waals surface area contributed by atoms with Gasteiger partial charge in [-0.15, -0.1) is 0 Å². The summed E-state index contributed by atoms with van der Waals surface area (Å²) >= 11 is 1.89. The lowest BCUT2D eigenvalue weighted by Crippen LogP contribution is -1.81. The summed E-state index contributed by atoms with van der Waals surface area (Å²) in [7, 11) is 0. The van der Waals surface area contributed by atoms with Crippen molar-refractivity contribution in [1.82, 2.24) is 0 Å². The van der Waals surface area contributed by atoms with Gasteiger partial charge in [0.25, 0.3) is 0 Å². The van der Waals surface area contributed by atoms with Crippen LogP contribution in [0, 0.1) is 13.8 Å². The summed E-state index contributed by atoms with van der Waals surface area (Å²) in [6.45, 7) is 4.37. The predicted molar refractivity (Wildman–Crippen MR) is 73.2 cm³/mol. The third kappa shape index (κ3) is 1.40. The van der Waals surface area contributed by atoms with Gasteiger partial charge in [0.05, 0.1) is 0 Å². The molecule has 16 heavy (non-hydrogen) atoms. The molecule has 0 aliphatic rings. The average molecular weight is 225 g/mol. The van der Waals surface area contributed by atoms with E-state index in [-0.39, 0.29) is 0 Å². The molecule has 0 aliphatic carbocycles. The Balaban J connectivity index is 2.56. The summed E-state index contributed by atoms with van der Waals surface area (Å²) < 4.78 is 2.78. The molecule has 0 atom stereocenters. The van der Waals surface area contributed by atoms with E-state index in [4.69, 9.17) is 0 Å². The minimum atomic E-state index is 1.34. The van der Waals surface area contributed by atoms with Gasteiger partial charge in [-0.05, 0) is 31.5 Å². The van der Waals surface area contributed by atoms with Crippen molar-refractivity contribution in [2.75, 3.05) is 0 Å². The van der Waals surface area contributed by atoms with E-state index in [2.05, 4.69) is 56.3 Å². The summed E-state index contributed by atoms with van der Waals surface area (Å²) in [6.07, 6.45) is 0. The van der Waals surface area contributed by atoms with Crippen molar-refractivity contribution in [3.05, 3.63) is 53.6 Å². The highest BCUT2D eigenvalue weighted by Crippen LogP contribution is 2.32. The van der Waals surface area contributed by atoms with Crippen molar-refractivity contribution in [2.45, 2.75) is 13.8 Å². The molecule has 1 heteroatoms. The Hall–Kier alpha value is -1.47. The van der Waals surface area contributed by atoms with E-state index in [1.807, 2.05) is 11.3 Å². The molecule has 0 unspecified atom stereocenters. The molecule has 0 bridgehead atoms. The summed E-state index contributed by atoms with van der Waals surface area (Å²) in [5.41, 5.74) is 2.74. The maximum Gasteiger partial charge on any atom is 0.241 e. The van der Waals surface area contributed by atoms with Crippen LogP contribution in [-0.2, 0) is 0 Å². The lowest BCUT2D eigenvalue weighted by atomic mass is 10.1. The van der Waals surface area contributed by atoms with Gasteiger partial charge in [-0.1, -0.05) is 24.3 Å². The lowest BCUT2D eigenvalue weighted by molar-refractivity contribution is 1.48. The first-order valence-electron chi connectivity index (χ1n) is 5.47. The molecule has 0 saturated carbocycles. The molecule has 0 aliphatic heterocycles. The first-order chi connectivity index (χ1) is 7.75. The van der Waals surface area contributed by atoms with Gasteiger partial charge in [0.2, 0.25) is 20.7 Å². The van der Waals surface area contributed by atoms with Crippen molar-refractivity contribution < 1.29 is 0 Å². The molecule has 0 spiro atoms. The Kier molecular flexibility index (Phi) is 2.15. The zero-order valence-electron chi connectivity index (χ0n) is 9.45. The average Bonchev–Trinajstić information content (AvgIpc) is 2.32. The normalized spacial score (nSPS) is 11.1. The van der Waals surface area contributed by atoms with Crippen molar-refractivity contribution in [3.8, 4) is 0 Å². The summed E-state index contributed by atoms with van der Waals surface area (Å²) in [6, 6.07) is 15.3. The molecular weight excluding hydrogens is 212 g/mol. The number of fused-ring (bicyclic) bond motifs is 2. The van der Waals surface area contributed by atoms with E-state index < -0.39 is 0 Å². The fraction of sp³-hybridized carbons (Fsp3) is 0.133. The number of rotatable bonds is 0. The van der Waals surface area contributed by atoms with Gasteiger partial charge in [-0.2, -0.15) is 0 Å². The highest BCUT2D eigenvalue weighted by Gasteiger charge is 2.13. The fourth-order valence-corrected chi connectivity index (χ4v) is 3.25. The number of hydrogen-bond donors (Lipinski definition) is 0. The Bertz CT molecular complexity index is 623. The van der Waals surface area contributed by atoms with Crippen molar-refractivity contribution >= 4 is 31.5 Å². The van der Waals surface area contributed by atoms with Gasteiger partial charge in [-0.25, -0.2) is 0 Å². The van der Waals surface area contributed by atoms with Crippen molar-refractivity contribution in [2.24, 2.45) is 0 Å². The number of hydrogen-bond acceptors (Lipinski definition) is 0. The Morgan fingerprint density at radius 3 is 2.50 bits per heavy atom. The Morgan fingerprint density at radius 1 is 0.875 bits per heavy atom. The molecule has 1 aromatic heterocycles. The van der Waals surface area contributed by atoms with Gasteiger partial charge in [0.15, 0.2) is 0 Å². The second-order valence-corrected chi connectivity index (χ2v) is 5.28. The smallest absolute Gasteiger partial charge is 0.0613 e. The molecule has 0 amide bonds. The predicted octanol–water partition coefficient (Wildman–Crippen LogP) is 4.95. The summed E-state index contributed by atoms with van der Waals surface area (Å²) in [5, 5.41) is 2.73. The van der Waals surface area contributed by atoms with Crippen LogP contribution in [0.25, 0.3) is 20.2 Å². The quantitative estimate of drug-likeness (QED) is 0.375. The lowest BCUT2D eigenvalue weighted by Gasteiger charge is -1.99. The number of aryl methyl sites for hydroxylation is 2. The van der Waals surface area contributed by atoms with Crippen LogP contribution in [0.4, 0.5) is 0 Å². The molecule has 0 fully saturated rings. The number of benzene rings is 2. The molecule has 78 valence electrons. The fourth-order valence-electron chi connectivity index (χ4n) is 2.08. The van der Waals surface area contributed by atoms with Crippen LogP contribution in [0.15, 0.2) is 42.5 Å². The Labute approximate surface area is 99.2 Å². The zero-order chi connectivity index (χ0) is 11.1.